The van der Waals surface area contributed by atoms with Crippen LogP contribution < -0.4 is 10.2 Å². The van der Waals surface area contributed by atoms with Crippen LogP contribution in [0.5, 0.6) is 0 Å². The number of hydrogen-bond donors (Lipinski definition) is 1. The van der Waals surface area contributed by atoms with Crippen LogP contribution in [0.15, 0.2) is 24.3 Å². The molecule has 6 nitrogen and oxygen atoms in total. The minimum atomic E-state index is -0.419. The van der Waals surface area contributed by atoms with E-state index < -0.39 is 6.04 Å². The Morgan fingerprint density at radius 2 is 1.74 bits per heavy atom. The highest BCUT2D eigenvalue weighted by Crippen LogP contribution is 2.32. The average molecular weight is 373 g/mol. The second-order valence-electron chi connectivity index (χ2n) is 7.57. The molecule has 0 aliphatic carbocycles. The molecule has 0 aromatic heterocycles. The Hall–Kier alpha value is -1.92. The Morgan fingerprint density at radius 1 is 1.07 bits per heavy atom. The van der Waals surface area contributed by atoms with Crippen molar-refractivity contribution in [3.8, 4) is 0 Å². The maximum Gasteiger partial charge on any atom is 0.243 e. The average Bonchev–Trinajstić information content (AvgIpc) is 3.06. The van der Waals surface area contributed by atoms with E-state index in [4.69, 9.17) is 0 Å². The molecule has 1 aromatic carbocycles. The summed E-state index contributed by atoms with van der Waals surface area (Å²) in [4.78, 5) is 31.4. The van der Waals surface area contributed by atoms with Crippen LogP contribution >= 0.6 is 0 Å². The summed E-state index contributed by atoms with van der Waals surface area (Å²) >= 11 is 0. The normalized spacial score (nSPS) is 20.5. The van der Waals surface area contributed by atoms with Crippen LogP contribution in [-0.2, 0) is 16.0 Å². The molecule has 1 aromatic rings. The van der Waals surface area contributed by atoms with E-state index >= 15 is 0 Å². The number of piperazine rings is 1. The van der Waals surface area contributed by atoms with Gasteiger partial charge in [0.15, 0.2) is 0 Å². The van der Waals surface area contributed by atoms with Gasteiger partial charge < -0.3 is 15.1 Å². The quantitative estimate of drug-likeness (QED) is 0.737. The SMILES string of the molecule is CCCN1CCN(CCCNC(=O)[C@H]2Cc3ccccc3N2C(C)=O)CC1. The molecule has 0 bridgehead atoms. The third-order valence-electron chi connectivity index (χ3n) is 5.57. The van der Waals surface area contributed by atoms with Gasteiger partial charge in [0.05, 0.1) is 0 Å². The van der Waals surface area contributed by atoms with Gasteiger partial charge >= 0.3 is 0 Å². The van der Waals surface area contributed by atoms with Gasteiger partial charge in [-0.3, -0.25) is 14.5 Å². The maximum atomic E-state index is 12.7. The molecule has 1 N–H and O–H groups in total. The number of para-hydroxylation sites is 1. The molecule has 3 rings (SSSR count). The summed E-state index contributed by atoms with van der Waals surface area (Å²) < 4.78 is 0. The largest absolute Gasteiger partial charge is 0.354 e. The zero-order valence-electron chi connectivity index (χ0n) is 16.6. The highest BCUT2D eigenvalue weighted by atomic mass is 16.2. The van der Waals surface area contributed by atoms with Crippen molar-refractivity contribution >= 4 is 17.5 Å². The van der Waals surface area contributed by atoms with Gasteiger partial charge in [-0.1, -0.05) is 25.1 Å². The van der Waals surface area contributed by atoms with Crippen LogP contribution in [0.25, 0.3) is 0 Å². The van der Waals surface area contributed by atoms with Crippen molar-refractivity contribution in [3.63, 3.8) is 0 Å². The maximum absolute atomic E-state index is 12.7. The number of benzene rings is 1. The Kier molecular flexibility index (Phi) is 6.85. The van der Waals surface area contributed by atoms with Gasteiger partial charge in [-0.2, -0.15) is 0 Å². The number of carbonyl (C=O) groups excluding carboxylic acids is 2. The van der Waals surface area contributed by atoms with Gasteiger partial charge in [0.1, 0.15) is 6.04 Å². The second kappa shape index (κ2) is 9.33. The zero-order valence-corrected chi connectivity index (χ0v) is 16.6. The van der Waals surface area contributed by atoms with Crippen LogP contribution in [0.4, 0.5) is 5.69 Å². The van der Waals surface area contributed by atoms with Crippen molar-refractivity contribution in [2.45, 2.75) is 39.2 Å². The number of carbonyl (C=O) groups is 2. The fraction of sp³-hybridized carbons (Fsp3) is 0.619. The fourth-order valence-corrected chi connectivity index (χ4v) is 4.17. The molecule has 2 amide bonds. The first-order valence-electron chi connectivity index (χ1n) is 10.2. The minimum absolute atomic E-state index is 0.0471. The lowest BCUT2D eigenvalue weighted by Gasteiger charge is -2.34. The highest BCUT2D eigenvalue weighted by molar-refractivity contribution is 6.02. The van der Waals surface area contributed by atoms with Gasteiger partial charge in [0.25, 0.3) is 0 Å². The molecule has 0 radical (unpaired) electrons. The molecule has 0 saturated carbocycles. The Bertz CT molecular complexity index is 655. The number of anilines is 1. The first kappa shape index (κ1) is 19.8. The van der Waals surface area contributed by atoms with Gasteiger partial charge in [-0.25, -0.2) is 0 Å². The molecular weight excluding hydrogens is 340 g/mol. The van der Waals surface area contributed by atoms with E-state index in [0.29, 0.717) is 13.0 Å². The Labute approximate surface area is 162 Å². The molecule has 148 valence electrons. The van der Waals surface area contributed by atoms with Crippen LogP contribution in [-0.4, -0.2) is 73.5 Å². The van der Waals surface area contributed by atoms with E-state index in [9.17, 15) is 9.59 Å². The summed E-state index contributed by atoms with van der Waals surface area (Å²) in [7, 11) is 0. The summed E-state index contributed by atoms with van der Waals surface area (Å²) in [5, 5.41) is 3.04. The van der Waals surface area contributed by atoms with Crippen LogP contribution in [0.1, 0.15) is 32.3 Å². The third-order valence-corrected chi connectivity index (χ3v) is 5.57. The van der Waals surface area contributed by atoms with Crippen LogP contribution in [0, 0.1) is 0 Å². The van der Waals surface area contributed by atoms with E-state index in [0.717, 1.165) is 50.4 Å². The van der Waals surface area contributed by atoms with E-state index in [1.165, 1.54) is 19.9 Å². The predicted molar refractivity (Wildman–Crippen MR) is 108 cm³/mol. The summed E-state index contributed by atoms with van der Waals surface area (Å²) in [6, 6.07) is 7.36. The molecule has 0 spiro atoms. The molecule has 2 heterocycles. The Morgan fingerprint density at radius 3 is 2.41 bits per heavy atom. The van der Waals surface area contributed by atoms with Crippen molar-refractivity contribution in [1.82, 2.24) is 15.1 Å². The van der Waals surface area contributed by atoms with Gasteiger partial charge in [-0.15, -0.1) is 0 Å². The van der Waals surface area contributed by atoms with E-state index in [-0.39, 0.29) is 11.8 Å². The topological polar surface area (TPSA) is 55.9 Å². The molecule has 1 fully saturated rings. The summed E-state index contributed by atoms with van der Waals surface area (Å²) in [6.45, 7) is 11.1. The number of nitrogens with one attached hydrogen (secondary N) is 1. The van der Waals surface area contributed by atoms with Crippen LogP contribution in [0.2, 0.25) is 0 Å². The first-order chi connectivity index (χ1) is 13.1. The van der Waals surface area contributed by atoms with Crippen molar-refractivity contribution in [2.24, 2.45) is 0 Å². The number of amides is 2. The smallest absolute Gasteiger partial charge is 0.243 e. The van der Waals surface area contributed by atoms with Gasteiger partial charge in [0.2, 0.25) is 11.8 Å². The van der Waals surface area contributed by atoms with Gasteiger partial charge in [-0.05, 0) is 37.6 Å². The molecular formula is C21H32N4O2. The van der Waals surface area contributed by atoms with Crippen molar-refractivity contribution in [3.05, 3.63) is 29.8 Å². The summed E-state index contributed by atoms with van der Waals surface area (Å²) in [6.07, 6.45) is 2.76. The van der Waals surface area contributed by atoms with Crippen molar-refractivity contribution in [2.75, 3.05) is 50.7 Å². The number of fused-ring (bicyclic) bond motifs is 1. The van der Waals surface area contributed by atoms with Crippen molar-refractivity contribution in [1.29, 1.82) is 0 Å². The lowest BCUT2D eigenvalue weighted by molar-refractivity contribution is -0.125. The summed E-state index contributed by atoms with van der Waals surface area (Å²) in [5.41, 5.74) is 1.94. The molecule has 2 aliphatic heterocycles. The lowest BCUT2D eigenvalue weighted by Crippen LogP contribution is -2.48. The van der Waals surface area contributed by atoms with Gasteiger partial charge in [0, 0.05) is 51.8 Å². The highest BCUT2D eigenvalue weighted by Gasteiger charge is 2.36. The van der Waals surface area contributed by atoms with Crippen molar-refractivity contribution < 1.29 is 9.59 Å². The van der Waals surface area contributed by atoms with Crippen LogP contribution in [0.3, 0.4) is 0 Å². The van der Waals surface area contributed by atoms with E-state index in [1.54, 1.807) is 4.90 Å². The number of hydrogen-bond acceptors (Lipinski definition) is 4. The standard InChI is InChI=1S/C21H32N4O2/c1-3-10-23-12-14-24(15-13-23)11-6-9-22-21(27)20-16-18-7-4-5-8-19(18)25(20)17(2)26/h4-5,7-8,20H,3,6,9-16H2,1-2H3,(H,22,27)/t20-/m1/s1. The van der Waals surface area contributed by atoms with E-state index in [1.807, 2.05) is 24.3 Å². The summed E-state index contributed by atoms with van der Waals surface area (Å²) in [5.74, 6) is -0.126. The predicted octanol–water partition coefficient (Wildman–Crippen LogP) is 1.50. The molecule has 1 atom stereocenters. The first-order valence-corrected chi connectivity index (χ1v) is 10.2. The third kappa shape index (κ3) is 4.87. The Balaban J connectivity index is 1.42. The second-order valence-corrected chi connectivity index (χ2v) is 7.57. The number of nitrogens with zero attached hydrogens (tertiary/aromatic N) is 3. The molecule has 27 heavy (non-hydrogen) atoms. The fourth-order valence-electron chi connectivity index (χ4n) is 4.17. The molecule has 0 unspecified atom stereocenters. The van der Waals surface area contributed by atoms with E-state index in [2.05, 4.69) is 22.0 Å². The molecule has 6 heteroatoms. The minimum Gasteiger partial charge on any atom is -0.354 e. The lowest BCUT2D eigenvalue weighted by atomic mass is 10.1. The number of rotatable bonds is 7. The zero-order chi connectivity index (χ0) is 19.2. The monoisotopic (exact) mass is 372 g/mol. The molecule has 2 aliphatic rings. The molecule has 1 saturated heterocycles.